The average molecular weight is 573 g/mol. The maximum Gasteiger partial charge on any atom is 0.326 e. The molecule has 6 nitrogen and oxygen atoms in total. The minimum Gasteiger partial charge on any atom is -0.496 e. The molecule has 4 aromatic carbocycles. The van der Waals surface area contributed by atoms with Gasteiger partial charge < -0.3 is 15.2 Å². The monoisotopic (exact) mass is 572 g/mol. The molecule has 0 radical (unpaired) electrons. The minimum absolute atomic E-state index is 0.00627. The number of alkyl halides is 1. The quantitative estimate of drug-likeness (QED) is 0.245. The molecule has 4 aromatic rings. The maximum absolute atomic E-state index is 14.4. The fourth-order valence-corrected chi connectivity index (χ4v) is 5.83. The highest BCUT2D eigenvalue weighted by atomic mass is 19.1. The zero-order valence-electron chi connectivity index (χ0n) is 23.7. The number of nitrogens with zero attached hydrogens (tertiary/aromatic N) is 1. The largest absolute Gasteiger partial charge is 0.496 e. The number of likely N-dealkylation sites (tertiary alicyclic amines) is 1. The van der Waals surface area contributed by atoms with Crippen LogP contribution < -0.4 is 10.1 Å². The number of nitrogens with one attached hydrogen (secondary N) is 1. The molecule has 8 heteroatoms. The van der Waals surface area contributed by atoms with Gasteiger partial charge in [0.2, 0.25) is 0 Å². The van der Waals surface area contributed by atoms with Gasteiger partial charge in [0.1, 0.15) is 23.8 Å². The van der Waals surface area contributed by atoms with E-state index in [1.54, 1.807) is 20.1 Å². The Morgan fingerprint density at radius 1 is 0.976 bits per heavy atom. The van der Waals surface area contributed by atoms with E-state index in [1.165, 1.54) is 12.1 Å². The summed E-state index contributed by atoms with van der Waals surface area (Å²) in [5.74, 6) is -1.97. The van der Waals surface area contributed by atoms with Gasteiger partial charge in [-0.1, -0.05) is 60.7 Å². The molecule has 0 aromatic heterocycles. The molecule has 1 fully saturated rings. The highest BCUT2D eigenvalue weighted by Crippen LogP contribution is 2.39. The second-order valence-corrected chi connectivity index (χ2v) is 10.8. The van der Waals surface area contributed by atoms with Gasteiger partial charge in [-0.2, -0.15) is 0 Å². The molecule has 0 spiro atoms. The molecule has 1 saturated heterocycles. The molecule has 0 unspecified atom stereocenters. The Balaban J connectivity index is 1.50. The topological polar surface area (TPSA) is 78.9 Å². The SMILES string of the molecule is COc1cccc(CN2CCC(F)CC2)c1-c1cccc2c(C[C@H](NC(=O)c3c(C)cccc3F)C(=O)O)cccc12. The first-order chi connectivity index (χ1) is 20.3. The number of aryl methyl sites for hydroxylation is 1. The van der Waals surface area contributed by atoms with Crippen molar-refractivity contribution in [2.75, 3.05) is 20.2 Å². The predicted octanol–water partition coefficient (Wildman–Crippen LogP) is 6.32. The molecule has 42 heavy (non-hydrogen) atoms. The third-order valence-corrected chi connectivity index (χ3v) is 8.00. The number of carbonyl (C=O) groups excluding carboxylic acids is 1. The summed E-state index contributed by atoms with van der Waals surface area (Å²) in [7, 11) is 1.63. The number of carboxylic acids is 1. The van der Waals surface area contributed by atoms with E-state index in [-0.39, 0.29) is 12.0 Å². The molecular formula is C34H34F2N2O4. The standard InChI is InChI=1S/C34H34F2N2O4/c1-21-7-3-13-28(36)31(21)33(39)37-29(34(40)41)19-22-8-4-11-26-25(22)10-6-12-27(26)32-23(9-5-14-30(32)42-2)20-38-17-15-24(35)16-18-38/h3-14,24,29H,15-20H2,1-2H3,(H,37,39)(H,40,41)/t29-/m0/s1. The van der Waals surface area contributed by atoms with Crippen molar-refractivity contribution < 1.29 is 28.2 Å². The normalized spacial score (nSPS) is 15.0. The summed E-state index contributed by atoms with van der Waals surface area (Å²) in [6.45, 7) is 3.63. The van der Waals surface area contributed by atoms with Crippen molar-refractivity contribution in [1.82, 2.24) is 10.2 Å². The van der Waals surface area contributed by atoms with Gasteiger partial charge in [-0.05, 0) is 64.9 Å². The van der Waals surface area contributed by atoms with Crippen LogP contribution >= 0.6 is 0 Å². The Labute approximate surface area is 243 Å². The van der Waals surface area contributed by atoms with Crippen molar-refractivity contribution in [3.05, 3.63) is 101 Å². The lowest BCUT2D eigenvalue weighted by Crippen LogP contribution is -2.42. The van der Waals surface area contributed by atoms with Crippen LogP contribution in [0.5, 0.6) is 5.75 Å². The van der Waals surface area contributed by atoms with E-state index in [0.29, 0.717) is 43.8 Å². The number of hydrogen-bond acceptors (Lipinski definition) is 4. The maximum atomic E-state index is 14.4. The van der Waals surface area contributed by atoms with Gasteiger partial charge in [0, 0.05) is 31.6 Å². The fraction of sp³-hybridized carbons (Fsp3) is 0.294. The molecule has 1 amide bonds. The summed E-state index contributed by atoms with van der Waals surface area (Å²) < 4.78 is 34.0. The molecule has 1 aliphatic heterocycles. The van der Waals surface area contributed by atoms with E-state index in [4.69, 9.17) is 4.74 Å². The van der Waals surface area contributed by atoms with E-state index >= 15 is 0 Å². The zero-order chi connectivity index (χ0) is 29.8. The van der Waals surface area contributed by atoms with Crippen molar-refractivity contribution in [3.8, 4) is 16.9 Å². The van der Waals surface area contributed by atoms with Gasteiger partial charge in [0.25, 0.3) is 5.91 Å². The first-order valence-corrected chi connectivity index (χ1v) is 14.1. The molecule has 1 atom stereocenters. The molecular weight excluding hydrogens is 538 g/mol. The number of halogens is 2. The summed E-state index contributed by atoms with van der Waals surface area (Å²) in [6.07, 6.45) is 0.299. The molecule has 1 heterocycles. The zero-order valence-corrected chi connectivity index (χ0v) is 23.7. The number of amides is 1. The van der Waals surface area contributed by atoms with Crippen LogP contribution in [0.4, 0.5) is 8.78 Å². The number of fused-ring (bicyclic) bond motifs is 1. The highest BCUT2D eigenvalue weighted by Gasteiger charge is 2.25. The van der Waals surface area contributed by atoms with Crippen molar-refractivity contribution >= 4 is 22.6 Å². The van der Waals surface area contributed by atoms with Crippen LogP contribution in [0, 0.1) is 12.7 Å². The number of benzene rings is 4. The Kier molecular flexibility index (Phi) is 8.83. The van der Waals surface area contributed by atoms with Gasteiger partial charge >= 0.3 is 5.97 Å². The van der Waals surface area contributed by atoms with Gasteiger partial charge in [0.15, 0.2) is 0 Å². The number of rotatable bonds is 9. The van der Waals surface area contributed by atoms with Crippen molar-refractivity contribution in [2.24, 2.45) is 0 Å². The van der Waals surface area contributed by atoms with Crippen LogP contribution in [-0.4, -0.2) is 54.3 Å². The molecule has 0 saturated carbocycles. The number of ether oxygens (including phenoxy) is 1. The van der Waals surface area contributed by atoms with Crippen LogP contribution in [0.1, 0.15) is 39.9 Å². The number of hydrogen-bond donors (Lipinski definition) is 2. The first-order valence-electron chi connectivity index (χ1n) is 14.1. The third-order valence-electron chi connectivity index (χ3n) is 8.00. The lowest BCUT2D eigenvalue weighted by Gasteiger charge is -2.29. The van der Waals surface area contributed by atoms with E-state index < -0.39 is 29.9 Å². The van der Waals surface area contributed by atoms with Crippen LogP contribution in [0.3, 0.4) is 0 Å². The highest BCUT2D eigenvalue weighted by molar-refractivity contribution is 6.01. The van der Waals surface area contributed by atoms with E-state index in [2.05, 4.69) is 16.3 Å². The summed E-state index contributed by atoms with van der Waals surface area (Å²) in [6, 6.07) is 20.5. The van der Waals surface area contributed by atoms with Crippen molar-refractivity contribution in [2.45, 2.75) is 44.9 Å². The summed E-state index contributed by atoms with van der Waals surface area (Å²) in [4.78, 5) is 27.4. The molecule has 218 valence electrons. The van der Waals surface area contributed by atoms with Crippen LogP contribution in [0.25, 0.3) is 21.9 Å². The minimum atomic E-state index is -1.27. The summed E-state index contributed by atoms with van der Waals surface area (Å²) >= 11 is 0. The van der Waals surface area contributed by atoms with Crippen molar-refractivity contribution in [1.29, 1.82) is 0 Å². The second kappa shape index (κ2) is 12.7. The summed E-state index contributed by atoms with van der Waals surface area (Å²) in [5, 5.41) is 14.3. The fourth-order valence-electron chi connectivity index (χ4n) is 5.83. The number of aliphatic carboxylic acids is 1. The van der Waals surface area contributed by atoms with Crippen LogP contribution in [-0.2, 0) is 17.8 Å². The number of carboxylic acid groups (broad SMARTS) is 1. The number of carbonyl (C=O) groups is 2. The molecule has 0 aliphatic carbocycles. The van der Waals surface area contributed by atoms with E-state index in [1.807, 2.05) is 48.5 Å². The van der Waals surface area contributed by atoms with Crippen molar-refractivity contribution in [3.63, 3.8) is 0 Å². The smallest absolute Gasteiger partial charge is 0.326 e. The predicted molar refractivity (Wildman–Crippen MR) is 159 cm³/mol. The Morgan fingerprint density at radius 3 is 2.36 bits per heavy atom. The van der Waals surface area contributed by atoms with E-state index in [9.17, 15) is 23.5 Å². The molecule has 2 N–H and O–H groups in total. The molecule has 5 rings (SSSR count). The molecule has 1 aliphatic rings. The number of methoxy groups -OCH3 is 1. The Morgan fingerprint density at radius 2 is 1.64 bits per heavy atom. The van der Waals surface area contributed by atoms with Gasteiger partial charge in [-0.25, -0.2) is 13.6 Å². The lowest BCUT2D eigenvalue weighted by atomic mass is 9.90. The van der Waals surface area contributed by atoms with Crippen LogP contribution in [0.2, 0.25) is 0 Å². The first kappa shape index (κ1) is 29.2. The van der Waals surface area contributed by atoms with Gasteiger partial charge in [0.05, 0.1) is 12.7 Å². The van der Waals surface area contributed by atoms with Crippen LogP contribution in [0.15, 0.2) is 72.8 Å². The molecule has 0 bridgehead atoms. The average Bonchev–Trinajstić information content (AvgIpc) is 2.97. The second-order valence-electron chi connectivity index (χ2n) is 10.8. The summed E-state index contributed by atoms with van der Waals surface area (Å²) in [5.41, 5.74) is 3.91. The Bertz CT molecular complexity index is 1590. The third kappa shape index (κ3) is 6.14. The van der Waals surface area contributed by atoms with E-state index in [0.717, 1.165) is 33.0 Å². The lowest BCUT2D eigenvalue weighted by molar-refractivity contribution is -0.139. The van der Waals surface area contributed by atoms with Gasteiger partial charge in [-0.3, -0.25) is 9.69 Å². The Hall–Kier alpha value is -4.30. The number of piperidine rings is 1. The van der Waals surface area contributed by atoms with Gasteiger partial charge in [-0.15, -0.1) is 0 Å².